The molecule has 172 valence electrons. The Balaban J connectivity index is 1.46. The molecule has 34 heavy (non-hydrogen) atoms. The number of aromatic nitrogens is 1. The second kappa shape index (κ2) is 10.2. The lowest BCUT2D eigenvalue weighted by atomic mass is 9.90. The molecule has 0 radical (unpaired) electrons. The number of nitrogens with zero attached hydrogens (tertiary/aromatic N) is 1. The number of aromatic amines is 1. The van der Waals surface area contributed by atoms with Crippen molar-refractivity contribution in [1.29, 1.82) is 0 Å². The summed E-state index contributed by atoms with van der Waals surface area (Å²) in [6, 6.07) is 20.7. The van der Waals surface area contributed by atoms with Crippen LogP contribution in [-0.2, 0) is 4.79 Å². The van der Waals surface area contributed by atoms with Crippen molar-refractivity contribution in [2.75, 3.05) is 13.1 Å². The molecular formula is C25H21ClN4O4. The van der Waals surface area contributed by atoms with Crippen LogP contribution in [0.3, 0.4) is 0 Å². The number of amides is 2. The first-order valence-electron chi connectivity index (χ1n) is 10.5. The molecule has 0 saturated carbocycles. The van der Waals surface area contributed by atoms with Crippen molar-refractivity contribution >= 4 is 40.0 Å². The molecule has 3 aromatic carbocycles. The lowest BCUT2D eigenvalue weighted by Crippen LogP contribution is -2.38. The number of halogens is 1. The molecule has 1 heterocycles. The van der Waals surface area contributed by atoms with Gasteiger partial charge in [0.1, 0.15) is 0 Å². The molecule has 8 nitrogen and oxygen atoms in total. The first-order chi connectivity index (χ1) is 16.4. The Labute approximate surface area is 200 Å². The van der Waals surface area contributed by atoms with E-state index in [1.165, 1.54) is 18.2 Å². The van der Waals surface area contributed by atoms with E-state index in [2.05, 4.69) is 15.6 Å². The molecule has 1 aromatic heterocycles. The molecule has 3 N–H and O–H groups in total. The maximum atomic E-state index is 12.5. The number of carbonyl (C=O) groups is 2. The van der Waals surface area contributed by atoms with Crippen LogP contribution in [0.5, 0.6) is 0 Å². The topological polar surface area (TPSA) is 117 Å². The van der Waals surface area contributed by atoms with E-state index in [1.54, 1.807) is 6.07 Å². The zero-order valence-electron chi connectivity index (χ0n) is 18.0. The Morgan fingerprint density at radius 1 is 0.971 bits per heavy atom. The van der Waals surface area contributed by atoms with Crippen LogP contribution in [0.4, 0.5) is 5.69 Å². The van der Waals surface area contributed by atoms with Gasteiger partial charge in [0.15, 0.2) is 0 Å². The van der Waals surface area contributed by atoms with E-state index in [0.717, 1.165) is 28.1 Å². The van der Waals surface area contributed by atoms with Crippen LogP contribution in [-0.4, -0.2) is 34.8 Å². The number of benzene rings is 3. The maximum Gasteiger partial charge on any atom is 0.270 e. The highest BCUT2D eigenvalue weighted by Crippen LogP contribution is 2.34. The third-order valence-electron chi connectivity index (χ3n) is 5.51. The Kier molecular flexibility index (Phi) is 6.89. The Morgan fingerprint density at radius 2 is 1.74 bits per heavy atom. The number of non-ortho nitro benzene ring substituents is 1. The highest BCUT2D eigenvalue weighted by molar-refractivity contribution is 6.31. The van der Waals surface area contributed by atoms with Crippen LogP contribution in [0.2, 0.25) is 5.02 Å². The van der Waals surface area contributed by atoms with Crippen LogP contribution < -0.4 is 10.6 Å². The molecule has 4 rings (SSSR count). The molecule has 1 atom stereocenters. The highest BCUT2D eigenvalue weighted by atomic mass is 35.5. The molecule has 9 heteroatoms. The van der Waals surface area contributed by atoms with Crippen molar-refractivity contribution in [3.05, 3.63) is 111 Å². The van der Waals surface area contributed by atoms with Crippen LogP contribution >= 0.6 is 11.6 Å². The van der Waals surface area contributed by atoms with E-state index in [4.69, 9.17) is 11.6 Å². The van der Waals surface area contributed by atoms with Gasteiger partial charge >= 0.3 is 0 Å². The van der Waals surface area contributed by atoms with Gasteiger partial charge in [0.2, 0.25) is 5.91 Å². The summed E-state index contributed by atoms with van der Waals surface area (Å²) < 4.78 is 0. The molecule has 2 amide bonds. The number of nitro groups is 1. The van der Waals surface area contributed by atoms with E-state index in [9.17, 15) is 19.7 Å². The van der Waals surface area contributed by atoms with Gasteiger partial charge in [-0.15, -0.1) is 0 Å². The normalized spacial score (nSPS) is 11.7. The quantitative estimate of drug-likeness (QED) is 0.258. The molecule has 0 aliphatic heterocycles. The highest BCUT2D eigenvalue weighted by Gasteiger charge is 2.21. The van der Waals surface area contributed by atoms with Gasteiger partial charge in [-0.25, -0.2) is 0 Å². The van der Waals surface area contributed by atoms with Gasteiger partial charge < -0.3 is 15.6 Å². The van der Waals surface area contributed by atoms with E-state index in [-0.39, 0.29) is 30.3 Å². The molecule has 0 spiro atoms. The van der Waals surface area contributed by atoms with Crippen molar-refractivity contribution in [2.45, 2.75) is 5.92 Å². The molecule has 4 aromatic rings. The summed E-state index contributed by atoms with van der Waals surface area (Å²) in [7, 11) is 0. The van der Waals surface area contributed by atoms with Gasteiger partial charge in [0.05, 0.1) is 11.5 Å². The molecule has 0 saturated heterocycles. The Hall–Kier alpha value is -4.17. The monoisotopic (exact) mass is 476 g/mol. The Morgan fingerprint density at radius 3 is 2.53 bits per heavy atom. The fraction of sp³-hybridized carbons (Fsp3) is 0.120. The van der Waals surface area contributed by atoms with Gasteiger partial charge in [0, 0.05) is 52.3 Å². The Bertz CT molecular complexity index is 1370. The van der Waals surface area contributed by atoms with Crippen molar-refractivity contribution < 1.29 is 14.5 Å². The number of hydrogen-bond donors (Lipinski definition) is 3. The zero-order chi connectivity index (χ0) is 24.1. The van der Waals surface area contributed by atoms with Crippen molar-refractivity contribution in [3.63, 3.8) is 0 Å². The minimum absolute atomic E-state index is 0.106. The third-order valence-corrected chi connectivity index (χ3v) is 5.85. The fourth-order valence-electron chi connectivity index (χ4n) is 3.83. The fourth-order valence-corrected chi connectivity index (χ4v) is 4.10. The number of H-pyrrole nitrogens is 1. The lowest BCUT2D eigenvalue weighted by Gasteiger charge is -2.19. The average Bonchev–Trinajstić information content (AvgIpc) is 3.28. The van der Waals surface area contributed by atoms with E-state index >= 15 is 0 Å². The molecule has 0 bridgehead atoms. The predicted molar refractivity (Wildman–Crippen MR) is 130 cm³/mol. The zero-order valence-corrected chi connectivity index (χ0v) is 18.7. The number of nitrogens with one attached hydrogen (secondary N) is 3. The van der Waals surface area contributed by atoms with Gasteiger partial charge in [-0.1, -0.05) is 54.1 Å². The summed E-state index contributed by atoms with van der Waals surface area (Å²) in [4.78, 5) is 38.4. The number of fused-ring (bicyclic) bond motifs is 1. The lowest BCUT2D eigenvalue weighted by molar-refractivity contribution is -0.384. The van der Waals surface area contributed by atoms with Crippen LogP contribution in [0.15, 0.2) is 79.0 Å². The standard InChI is InChI=1S/C25H21ClN4O4/c26-22-10-3-1-8-18(22)20(21-13-27-23-11-4-2-9-19(21)23)14-28-24(31)15-29-25(32)16-6-5-7-17(12-16)30(33)34/h1-13,20,27H,14-15H2,(H,28,31)(H,29,32). The second-order valence-corrected chi connectivity index (χ2v) is 8.07. The summed E-state index contributed by atoms with van der Waals surface area (Å²) >= 11 is 6.48. The SMILES string of the molecule is O=C(CNC(=O)c1cccc([N+](=O)[O-])c1)NCC(c1ccccc1Cl)c1c[nH]c2ccccc12. The first kappa shape index (κ1) is 23.0. The third kappa shape index (κ3) is 5.07. The van der Waals surface area contributed by atoms with Crippen molar-refractivity contribution in [2.24, 2.45) is 0 Å². The summed E-state index contributed by atoms with van der Waals surface area (Å²) in [5.41, 5.74) is 2.75. The van der Waals surface area contributed by atoms with E-state index in [1.807, 2.05) is 48.7 Å². The van der Waals surface area contributed by atoms with Gasteiger partial charge in [-0.3, -0.25) is 19.7 Å². The number of para-hydroxylation sites is 1. The van der Waals surface area contributed by atoms with Gasteiger partial charge in [-0.05, 0) is 29.3 Å². The summed E-state index contributed by atoms with van der Waals surface area (Å²) in [5.74, 6) is -1.19. The van der Waals surface area contributed by atoms with Crippen LogP contribution in [0.1, 0.15) is 27.4 Å². The molecular weight excluding hydrogens is 456 g/mol. The maximum absolute atomic E-state index is 12.5. The molecule has 0 aliphatic rings. The van der Waals surface area contributed by atoms with Crippen LogP contribution in [0, 0.1) is 10.1 Å². The van der Waals surface area contributed by atoms with Crippen molar-refractivity contribution in [1.82, 2.24) is 15.6 Å². The second-order valence-electron chi connectivity index (χ2n) is 7.66. The van der Waals surface area contributed by atoms with Crippen molar-refractivity contribution in [3.8, 4) is 0 Å². The largest absolute Gasteiger partial charge is 0.361 e. The summed E-state index contributed by atoms with van der Waals surface area (Å²) in [5, 5.41) is 17.9. The average molecular weight is 477 g/mol. The molecule has 1 unspecified atom stereocenters. The summed E-state index contributed by atoms with van der Waals surface area (Å²) in [6.45, 7) is -0.0122. The van der Waals surface area contributed by atoms with E-state index < -0.39 is 16.7 Å². The number of carbonyl (C=O) groups excluding carboxylic acids is 2. The smallest absolute Gasteiger partial charge is 0.270 e. The minimum atomic E-state index is -0.580. The van der Waals surface area contributed by atoms with Gasteiger partial charge in [-0.2, -0.15) is 0 Å². The first-order valence-corrected chi connectivity index (χ1v) is 10.9. The number of nitro benzene ring substituents is 1. The molecule has 0 aliphatic carbocycles. The minimum Gasteiger partial charge on any atom is -0.361 e. The van der Waals surface area contributed by atoms with Crippen LogP contribution in [0.25, 0.3) is 10.9 Å². The molecule has 0 fully saturated rings. The van der Waals surface area contributed by atoms with E-state index in [0.29, 0.717) is 5.02 Å². The van der Waals surface area contributed by atoms with Gasteiger partial charge in [0.25, 0.3) is 11.6 Å². The number of hydrogen-bond acceptors (Lipinski definition) is 4. The summed E-state index contributed by atoms with van der Waals surface area (Å²) in [6.07, 6.45) is 1.91. The number of rotatable bonds is 8. The predicted octanol–water partition coefficient (Wildman–Crippen LogP) is 4.41.